The summed E-state index contributed by atoms with van der Waals surface area (Å²) in [6, 6.07) is 15.2. The normalized spacial score (nSPS) is 17.6. The molecule has 1 aliphatic heterocycles. The Morgan fingerprint density at radius 2 is 2.03 bits per heavy atom. The highest BCUT2D eigenvalue weighted by atomic mass is 16.1. The van der Waals surface area contributed by atoms with Crippen LogP contribution in [0.2, 0.25) is 0 Å². The van der Waals surface area contributed by atoms with Crippen molar-refractivity contribution in [1.29, 1.82) is 0 Å². The molecule has 0 fully saturated rings. The van der Waals surface area contributed by atoms with Gasteiger partial charge in [0, 0.05) is 54.5 Å². The maximum absolute atomic E-state index is 11.9. The number of carbonyl (C=O) groups excluding carboxylic acids is 1. The molecule has 3 heterocycles. The van der Waals surface area contributed by atoms with Crippen molar-refractivity contribution in [1.82, 2.24) is 25.4 Å². The Balaban J connectivity index is 1.33. The highest BCUT2D eigenvalue weighted by Crippen LogP contribution is 2.37. The zero-order valence-electron chi connectivity index (χ0n) is 17.5. The number of hydrogen-bond donors (Lipinski definition) is 3. The van der Waals surface area contributed by atoms with Gasteiger partial charge < -0.3 is 15.6 Å². The first-order valence-corrected chi connectivity index (χ1v) is 10.9. The molecule has 0 saturated heterocycles. The molecule has 0 saturated carbocycles. The van der Waals surface area contributed by atoms with Crippen LogP contribution in [0.5, 0.6) is 0 Å². The van der Waals surface area contributed by atoms with Crippen LogP contribution in [0, 0.1) is 0 Å². The maximum atomic E-state index is 11.9. The number of aromatic nitrogens is 3. The molecule has 6 heteroatoms. The molecule has 0 radical (unpaired) electrons. The molecule has 6 nitrogen and oxygen atoms in total. The summed E-state index contributed by atoms with van der Waals surface area (Å²) >= 11 is 0. The predicted octanol–water partition coefficient (Wildman–Crippen LogP) is 3.98. The lowest BCUT2D eigenvalue weighted by Crippen LogP contribution is -2.25. The van der Waals surface area contributed by atoms with Crippen molar-refractivity contribution in [2.75, 3.05) is 0 Å². The maximum Gasteiger partial charge on any atom is 0.251 e. The van der Waals surface area contributed by atoms with Crippen LogP contribution in [0.1, 0.15) is 51.8 Å². The van der Waals surface area contributed by atoms with E-state index in [-0.39, 0.29) is 5.91 Å². The second-order valence-corrected chi connectivity index (χ2v) is 8.60. The van der Waals surface area contributed by atoms with Crippen molar-refractivity contribution < 1.29 is 4.79 Å². The van der Waals surface area contributed by atoms with Gasteiger partial charge in [-0.3, -0.25) is 9.48 Å². The molecular formula is C25H25N5O. The summed E-state index contributed by atoms with van der Waals surface area (Å²) in [5, 5.41) is 12.2. The summed E-state index contributed by atoms with van der Waals surface area (Å²) in [5.41, 5.74) is 9.38. The molecule has 1 aliphatic carbocycles. The van der Waals surface area contributed by atoms with Crippen molar-refractivity contribution in [3.05, 3.63) is 76.7 Å². The van der Waals surface area contributed by atoms with E-state index in [0.717, 1.165) is 36.1 Å². The monoisotopic (exact) mass is 411 g/mol. The van der Waals surface area contributed by atoms with E-state index in [4.69, 9.17) is 0 Å². The molecule has 1 atom stereocenters. The van der Waals surface area contributed by atoms with Crippen LogP contribution in [0.3, 0.4) is 0 Å². The summed E-state index contributed by atoms with van der Waals surface area (Å²) < 4.78 is 1.92. The Bertz CT molecular complexity index is 1310. The zero-order chi connectivity index (χ0) is 20.9. The smallest absolute Gasteiger partial charge is 0.251 e. The Labute approximate surface area is 180 Å². The second-order valence-electron chi connectivity index (χ2n) is 8.60. The molecule has 0 bridgehead atoms. The molecule has 2 aliphatic rings. The van der Waals surface area contributed by atoms with Crippen molar-refractivity contribution in [2.45, 2.75) is 38.4 Å². The van der Waals surface area contributed by atoms with Gasteiger partial charge in [0.25, 0.3) is 5.91 Å². The number of nitrogens with one attached hydrogen (secondary N) is 3. The average molecular weight is 412 g/mol. The van der Waals surface area contributed by atoms with E-state index in [0.29, 0.717) is 12.6 Å². The molecule has 1 amide bonds. The van der Waals surface area contributed by atoms with Gasteiger partial charge in [-0.1, -0.05) is 12.1 Å². The summed E-state index contributed by atoms with van der Waals surface area (Å²) in [7, 11) is 1.98. The van der Waals surface area contributed by atoms with Gasteiger partial charge in [-0.15, -0.1) is 0 Å². The van der Waals surface area contributed by atoms with Gasteiger partial charge in [-0.2, -0.15) is 5.10 Å². The van der Waals surface area contributed by atoms with Gasteiger partial charge in [-0.05, 0) is 71.8 Å². The van der Waals surface area contributed by atoms with Crippen molar-refractivity contribution >= 4 is 16.8 Å². The van der Waals surface area contributed by atoms with Crippen LogP contribution < -0.4 is 10.6 Å². The van der Waals surface area contributed by atoms with E-state index in [2.05, 4.69) is 57.1 Å². The van der Waals surface area contributed by atoms with E-state index in [1.807, 2.05) is 24.0 Å². The molecule has 156 valence electrons. The van der Waals surface area contributed by atoms with Crippen molar-refractivity contribution in [3.63, 3.8) is 0 Å². The number of aryl methyl sites for hydroxylation is 2. The first-order valence-electron chi connectivity index (χ1n) is 10.9. The number of aromatic amines is 1. The van der Waals surface area contributed by atoms with Crippen LogP contribution in [-0.4, -0.2) is 20.7 Å². The number of hydrogen-bond acceptors (Lipinski definition) is 3. The molecule has 6 rings (SSSR count). The number of carbonyl (C=O) groups is 1. The van der Waals surface area contributed by atoms with E-state index in [1.165, 1.54) is 39.8 Å². The molecule has 1 unspecified atom stereocenters. The third-order valence-corrected chi connectivity index (χ3v) is 6.78. The van der Waals surface area contributed by atoms with Crippen LogP contribution in [-0.2, 0) is 26.6 Å². The van der Waals surface area contributed by atoms with E-state index in [9.17, 15) is 4.79 Å². The summed E-state index contributed by atoms with van der Waals surface area (Å²) in [4.78, 5) is 15.6. The van der Waals surface area contributed by atoms with Gasteiger partial charge in [-0.25, -0.2) is 0 Å². The number of amides is 1. The first kappa shape index (κ1) is 18.4. The first-order chi connectivity index (χ1) is 15.2. The summed E-state index contributed by atoms with van der Waals surface area (Å²) in [6.07, 6.45) is 5.26. The average Bonchev–Trinajstić information content (AvgIpc) is 3.48. The zero-order valence-corrected chi connectivity index (χ0v) is 17.5. The highest BCUT2D eigenvalue weighted by molar-refractivity contribution is 5.99. The number of fused-ring (bicyclic) bond motifs is 4. The number of H-pyrrole nitrogens is 1. The van der Waals surface area contributed by atoms with E-state index < -0.39 is 0 Å². The molecule has 31 heavy (non-hydrogen) atoms. The molecular weight excluding hydrogens is 386 g/mol. The number of nitrogens with zero attached hydrogens (tertiary/aromatic N) is 2. The minimum absolute atomic E-state index is 0.0290. The van der Waals surface area contributed by atoms with Gasteiger partial charge in [0.05, 0.1) is 5.69 Å². The Kier molecular flexibility index (Phi) is 4.21. The summed E-state index contributed by atoms with van der Waals surface area (Å²) in [6.45, 7) is 1.43. The second kappa shape index (κ2) is 7.10. The van der Waals surface area contributed by atoms with Gasteiger partial charge in [0.15, 0.2) is 0 Å². The van der Waals surface area contributed by atoms with E-state index in [1.54, 1.807) is 0 Å². The predicted molar refractivity (Wildman–Crippen MR) is 121 cm³/mol. The Morgan fingerprint density at radius 1 is 1.16 bits per heavy atom. The van der Waals surface area contributed by atoms with Crippen LogP contribution in [0.25, 0.3) is 22.0 Å². The van der Waals surface area contributed by atoms with Crippen molar-refractivity contribution in [3.8, 4) is 11.1 Å². The number of benzene rings is 2. The van der Waals surface area contributed by atoms with Gasteiger partial charge in [0.2, 0.25) is 0 Å². The molecule has 2 aromatic heterocycles. The fourth-order valence-corrected chi connectivity index (χ4v) is 5.06. The van der Waals surface area contributed by atoms with Crippen LogP contribution in [0.4, 0.5) is 0 Å². The lowest BCUT2D eigenvalue weighted by atomic mass is 9.90. The van der Waals surface area contributed by atoms with Gasteiger partial charge >= 0.3 is 0 Å². The van der Waals surface area contributed by atoms with Gasteiger partial charge in [0.1, 0.15) is 0 Å². The quantitative estimate of drug-likeness (QED) is 0.476. The van der Waals surface area contributed by atoms with Crippen LogP contribution in [0.15, 0.2) is 48.7 Å². The van der Waals surface area contributed by atoms with Crippen LogP contribution >= 0.6 is 0 Å². The molecule has 2 aromatic carbocycles. The standard InChI is InChI=1S/C25H25N5O/c1-30-18(9-10-28-30)14-26-23-4-2-3-20-21-12-16(6-8-22(21)29-24(20)23)15-5-7-19-17(11-15)13-27-25(19)31/h5-12,23,26,29H,2-4,13-14H2,1H3,(H,27,31). The van der Waals surface area contributed by atoms with E-state index >= 15 is 0 Å². The SMILES string of the molecule is Cn1nccc1CNC1CCCc2c1[nH]c1ccc(-c3ccc4c(c3)CNC4=O)cc21. The summed E-state index contributed by atoms with van der Waals surface area (Å²) in [5.74, 6) is 0.0290. The lowest BCUT2D eigenvalue weighted by Gasteiger charge is -2.24. The minimum atomic E-state index is 0.0290. The molecule has 3 N–H and O–H groups in total. The fraction of sp³-hybridized carbons (Fsp3) is 0.280. The Morgan fingerprint density at radius 3 is 2.90 bits per heavy atom. The minimum Gasteiger partial charge on any atom is -0.357 e. The number of rotatable bonds is 4. The molecule has 0 spiro atoms. The third kappa shape index (κ3) is 3.06. The topological polar surface area (TPSA) is 74.7 Å². The lowest BCUT2D eigenvalue weighted by molar-refractivity contribution is 0.0966. The molecule has 4 aromatic rings. The largest absolute Gasteiger partial charge is 0.357 e. The van der Waals surface area contributed by atoms with Crippen molar-refractivity contribution in [2.24, 2.45) is 7.05 Å². The third-order valence-electron chi connectivity index (χ3n) is 6.78. The Hall–Kier alpha value is -3.38. The fourth-order valence-electron chi connectivity index (χ4n) is 5.06. The highest BCUT2D eigenvalue weighted by Gasteiger charge is 2.25.